The molecule has 0 saturated carbocycles. The molecule has 0 aliphatic carbocycles. The van der Waals surface area contributed by atoms with Gasteiger partial charge in [-0.05, 0) is 0 Å². The summed E-state index contributed by atoms with van der Waals surface area (Å²) >= 11 is 6.50. The van der Waals surface area contributed by atoms with E-state index < -0.39 is 5.96 Å². The molecular formula is C21H44ClP. The van der Waals surface area contributed by atoms with Crippen molar-refractivity contribution < 1.29 is 0 Å². The molecular weight excluding hydrogens is 319 g/mol. The van der Waals surface area contributed by atoms with Gasteiger partial charge in [0.15, 0.2) is 0 Å². The summed E-state index contributed by atoms with van der Waals surface area (Å²) in [7, 11) is 0. The second-order valence-corrected chi connectivity index (χ2v) is 17.9. The molecule has 0 radical (unpaired) electrons. The second kappa shape index (κ2) is 13.7. The standard InChI is InChI=1S/C21H44ClP/c1-5-6-7-8-9-10-11-12-13-14-15-16-17-18-19-20-21-23(2,3,4)22/h20-21H,5-19H2,1-4H3/b21-20+. The molecule has 23 heavy (non-hydrogen) atoms. The summed E-state index contributed by atoms with van der Waals surface area (Å²) in [4.78, 5) is 0. The van der Waals surface area contributed by atoms with Gasteiger partial charge in [0.1, 0.15) is 0 Å². The van der Waals surface area contributed by atoms with Crippen molar-refractivity contribution in [1.82, 2.24) is 0 Å². The predicted molar refractivity (Wildman–Crippen MR) is 115 cm³/mol. The molecule has 0 unspecified atom stereocenters. The molecule has 2 heteroatoms. The molecule has 0 amide bonds. The maximum atomic E-state index is 6.50. The van der Waals surface area contributed by atoms with Crippen LogP contribution in [-0.4, -0.2) is 20.0 Å². The van der Waals surface area contributed by atoms with E-state index in [2.05, 4.69) is 38.8 Å². The monoisotopic (exact) mass is 362 g/mol. The van der Waals surface area contributed by atoms with Gasteiger partial charge >= 0.3 is 113 Å². The van der Waals surface area contributed by atoms with Crippen LogP contribution in [0.15, 0.2) is 11.9 Å². The van der Waals surface area contributed by atoms with Gasteiger partial charge in [0.2, 0.25) is 0 Å². The van der Waals surface area contributed by atoms with Crippen molar-refractivity contribution in [1.29, 1.82) is 0 Å². The molecule has 0 nitrogen and oxygen atoms in total. The Balaban J connectivity index is 3.17. The quantitative estimate of drug-likeness (QED) is 0.190. The molecule has 0 aromatic carbocycles. The zero-order valence-electron chi connectivity index (χ0n) is 16.6. The van der Waals surface area contributed by atoms with Crippen molar-refractivity contribution >= 4 is 17.2 Å². The molecule has 0 aromatic rings. The number of allylic oxidation sites excluding steroid dienone is 1. The predicted octanol–water partition coefficient (Wildman–Crippen LogP) is 8.97. The molecule has 140 valence electrons. The Morgan fingerprint density at radius 2 is 0.957 bits per heavy atom. The van der Waals surface area contributed by atoms with Crippen molar-refractivity contribution in [3.05, 3.63) is 11.9 Å². The number of unbranched alkanes of at least 4 members (excludes halogenated alkanes) is 14. The van der Waals surface area contributed by atoms with Crippen LogP contribution in [0.3, 0.4) is 0 Å². The SMILES string of the molecule is CCCCCCCCCCCCCCCC/C=C/P(C)(C)(C)Cl. The van der Waals surface area contributed by atoms with Gasteiger partial charge < -0.3 is 0 Å². The van der Waals surface area contributed by atoms with Gasteiger partial charge in [0.05, 0.1) is 0 Å². The molecule has 0 bridgehead atoms. The second-order valence-electron chi connectivity index (χ2n) is 8.49. The molecule has 0 atom stereocenters. The molecule has 0 saturated heterocycles. The average molecular weight is 363 g/mol. The Hall–Kier alpha value is 0.460. The minimum atomic E-state index is -1.93. The van der Waals surface area contributed by atoms with Gasteiger partial charge in [0, 0.05) is 0 Å². The molecule has 0 rings (SSSR count). The van der Waals surface area contributed by atoms with Gasteiger partial charge in [-0.25, -0.2) is 0 Å². The molecule has 0 aromatic heterocycles. The Morgan fingerprint density at radius 3 is 1.30 bits per heavy atom. The van der Waals surface area contributed by atoms with Gasteiger partial charge in [-0.3, -0.25) is 0 Å². The Labute approximate surface area is 152 Å². The first-order chi connectivity index (χ1) is 10.8. The van der Waals surface area contributed by atoms with Crippen LogP contribution in [0.5, 0.6) is 0 Å². The van der Waals surface area contributed by atoms with E-state index in [1.54, 1.807) is 0 Å². The third-order valence-corrected chi connectivity index (χ3v) is 5.89. The van der Waals surface area contributed by atoms with E-state index in [-0.39, 0.29) is 0 Å². The van der Waals surface area contributed by atoms with E-state index in [0.29, 0.717) is 0 Å². The van der Waals surface area contributed by atoms with Crippen molar-refractivity contribution in [2.24, 2.45) is 0 Å². The maximum absolute atomic E-state index is 6.50. The fourth-order valence-corrected chi connectivity index (χ4v) is 3.99. The first-order valence-electron chi connectivity index (χ1n) is 10.2. The topological polar surface area (TPSA) is 0 Å². The van der Waals surface area contributed by atoms with Crippen molar-refractivity contribution in [3.8, 4) is 0 Å². The third kappa shape index (κ3) is 22.5. The Morgan fingerprint density at radius 1 is 0.609 bits per heavy atom. The zero-order chi connectivity index (χ0) is 17.5. The van der Waals surface area contributed by atoms with E-state index in [1.807, 2.05) is 0 Å². The van der Waals surface area contributed by atoms with E-state index in [0.717, 1.165) is 0 Å². The van der Waals surface area contributed by atoms with E-state index in [9.17, 15) is 0 Å². The van der Waals surface area contributed by atoms with Gasteiger partial charge in [0.25, 0.3) is 0 Å². The molecule has 0 fully saturated rings. The van der Waals surface area contributed by atoms with Gasteiger partial charge in [-0.15, -0.1) is 0 Å². The number of hydrogen-bond donors (Lipinski definition) is 0. The van der Waals surface area contributed by atoms with E-state index in [1.165, 1.54) is 96.3 Å². The average Bonchev–Trinajstić information content (AvgIpc) is 2.45. The van der Waals surface area contributed by atoms with Gasteiger partial charge in [-0.2, -0.15) is 0 Å². The van der Waals surface area contributed by atoms with Crippen LogP contribution in [0.2, 0.25) is 0 Å². The summed E-state index contributed by atoms with van der Waals surface area (Å²) in [6.45, 7) is 8.86. The fourth-order valence-electron chi connectivity index (χ4n) is 2.89. The summed E-state index contributed by atoms with van der Waals surface area (Å²) < 4.78 is 0. The van der Waals surface area contributed by atoms with Crippen LogP contribution in [0.4, 0.5) is 0 Å². The third-order valence-electron chi connectivity index (χ3n) is 4.33. The Bertz CT molecular complexity index is 279. The summed E-state index contributed by atoms with van der Waals surface area (Å²) in [5.74, 6) is 0.344. The zero-order valence-corrected chi connectivity index (χ0v) is 18.2. The van der Waals surface area contributed by atoms with Crippen LogP contribution in [0.1, 0.15) is 103 Å². The molecule has 0 spiro atoms. The van der Waals surface area contributed by atoms with Crippen molar-refractivity contribution in [2.75, 3.05) is 20.0 Å². The molecule has 0 aliphatic rings. The first-order valence-corrected chi connectivity index (χ1v) is 14.8. The minimum absolute atomic E-state index is 1.21. The van der Waals surface area contributed by atoms with Crippen molar-refractivity contribution in [2.45, 2.75) is 103 Å². The van der Waals surface area contributed by atoms with Crippen LogP contribution in [0.25, 0.3) is 0 Å². The van der Waals surface area contributed by atoms with Gasteiger partial charge in [-0.1, -0.05) is 39.0 Å². The van der Waals surface area contributed by atoms with Crippen molar-refractivity contribution in [3.63, 3.8) is 0 Å². The summed E-state index contributed by atoms with van der Waals surface area (Å²) in [6.07, 6.45) is 23.6. The number of rotatable bonds is 16. The fraction of sp³-hybridized carbons (Fsp3) is 0.905. The number of halogens is 1. The summed E-state index contributed by atoms with van der Waals surface area (Å²) in [5.41, 5.74) is 0. The Kier molecular flexibility index (Phi) is 14.0. The normalized spacial score (nSPS) is 14.2. The summed E-state index contributed by atoms with van der Waals surface area (Å²) in [6, 6.07) is 0. The van der Waals surface area contributed by atoms with E-state index >= 15 is 0 Å². The number of hydrogen-bond acceptors (Lipinski definition) is 0. The molecule has 0 heterocycles. The molecule has 0 aliphatic heterocycles. The first kappa shape index (κ1) is 23.5. The van der Waals surface area contributed by atoms with E-state index in [4.69, 9.17) is 11.2 Å². The van der Waals surface area contributed by atoms with Crippen LogP contribution < -0.4 is 0 Å². The van der Waals surface area contributed by atoms with Crippen LogP contribution in [-0.2, 0) is 0 Å². The van der Waals surface area contributed by atoms with Crippen LogP contribution in [0, 0.1) is 0 Å². The summed E-state index contributed by atoms with van der Waals surface area (Å²) in [5, 5.41) is 0. The van der Waals surface area contributed by atoms with Crippen LogP contribution >= 0.6 is 17.2 Å². The molecule has 0 N–H and O–H groups in total.